The third-order valence-corrected chi connectivity index (χ3v) is 3.07. The number of carbonyl (C=O) groups excluding carboxylic acids is 1. The van der Waals surface area contributed by atoms with Gasteiger partial charge in [-0.05, 0) is 17.7 Å². The molecule has 0 spiro atoms. The van der Waals surface area contributed by atoms with Gasteiger partial charge in [-0.3, -0.25) is 5.32 Å². The van der Waals surface area contributed by atoms with E-state index in [1.54, 1.807) is 12.3 Å². The fourth-order valence-corrected chi connectivity index (χ4v) is 1.83. The summed E-state index contributed by atoms with van der Waals surface area (Å²) in [6.07, 6.45) is 1.08. The van der Waals surface area contributed by atoms with Crippen molar-refractivity contribution in [1.29, 1.82) is 0 Å². The minimum absolute atomic E-state index is 0.0717. The van der Waals surface area contributed by atoms with Crippen LogP contribution in [0.3, 0.4) is 0 Å². The SMILES string of the molecule is CN(CCO)c1ccc(NC(=O)OCc2ccccc2)nc1. The van der Waals surface area contributed by atoms with E-state index in [9.17, 15) is 4.79 Å². The van der Waals surface area contributed by atoms with Crippen molar-refractivity contribution in [3.05, 3.63) is 54.2 Å². The van der Waals surface area contributed by atoms with Crippen molar-refractivity contribution in [2.45, 2.75) is 6.61 Å². The Kier molecular flexibility index (Phi) is 5.73. The molecule has 0 saturated carbocycles. The molecular weight excluding hydrogens is 282 g/mol. The van der Waals surface area contributed by atoms with Gasteiger partial charge >= 0.3 is 6.09 Å². The van der Waals surface area contributed by atoms with E-state index in [1.165, 1.54) is 0 Å². The first-order valence-corrected chi connectivity index (χ1v) is 6.95. The van der Waals surface area contributed by atoms with Crippen LogP contribution < -0.4 is 10.2 Å². The van der Waals surface area contributed by atoms with E-state index in [0.717, 1.165) is 11.3 Å². The van der Waals surface area contributed by atoms with Crippen LogP contribution in [0.15, 0.2) is 48.7 Å². The Bertz CT molecular complexity index is 587. The Labute approximate surface area is 129 Å². The zero-order valence-electron chi connectivity index (χ0n) is 12.4. The predicted molar refractivity (Wildman–Crippen MR) is 84.8 cm³/mol. The molecule has 2 rings (SSSR count). The quantitative estimate of drug-likeness (QED) is 0.856. The van der Waals surface area contributed by atoms with Gasteiger partial charge in [-0.1, -0.05) is 30.3 Å². The second-order valence-electron chi connectivity index (χ2n) is 4.73. The lowest BCUT2D eigenvalue weighted by atomic mass is 10.2. The smallest absolute Gasteiger partial charge is 0.413 e. The number of pyridine rings is 1. The molecular formula is C16H19N3O3. The summed E-state index contributed by atoms with van der Waals surface area (Å²) in [5.41, 5.74) is 1.78. The summed E-state index contributed by atoms with van der Waals surface area (Å²) >= 11 is 0. The number of hydrogen-bond donors (Lipinski definition) is 2. The molecule has 2 N–H and O–H groups in total. The Morgan fingerprint density at radius 1 is 1.27 bits per heavy atom. The van der Waals surface area contributed by atoms with Gasteiger partial charge in [0.25, 0.3) is 0 Å². The summed E-state index contributed by atoms with van der Waals surface area (Å²) in [4.78, 5) is 17.7. The minimum Gasteiger partial charge on any atom is -0.444 e. The lowest BCUT2D eigenvalue weighted by Crippen LogP contribution is -2.21. The fourth-order valence-electron chi connectivity index (χ4n) is 1.83. The van der Waals surface area contributed by atoms with Crippen molar-refractivity contribution in [3.63, 3.8) is 0 Å². The van der Waals surface area contributed by atoms with Crippen molar-refractivity contribution in [2.24, 2.45) is 0 Å². The van der Waals surface area contributed by atoms with Crippen molar-refractivity contribution >= 4 is 17.6 Å². The van der Waals surface area contributed by atoms with Gasteiger partial charge < -0.3 is 14.7 Å². The van der Waals surface area contributed by atoms with Gasteiger partial charge in [0.15, 0.2) is 0 Å². The van der Waals surface area contributed by atoms with Crippen LogP contribution in [0.4, 0.5) is 16.3 Å². The third kappa shape index (κ3) is 4.75. The Morgan fingerprint density at radius 3 is 2.68 bits per heavy atom. The maximum atomic E-state index is 11.7. The maximum absolute atomic E-state index is 11.7. The number of hydrogen-bond acceptors (Lipinski definition) is 5. The molecule has 2 aromatic rings. The monoisotopic (exact) mass is 301 g/mol. The molecule has 22 heavy (non-hydrogen) atoms. The van der Waals surface area contributed by atoms with Crippen LogP contribution in [0, 0.1) is 0 Å². The summed E-state index contributed by atoms with van der Waals surface area (Å²) < 4.78 is 5.11. The molecule has 0 aliphatic carbocycles. The van der Waals surface area contributed by atoms with E-state index < -0.39 is 6.09 Å². The van der Waals surface area contributed by atoms with Crippen LogP contribution in [0.1, 0.15) is 5.56 Å². The number of ether oxygens (including phenoxy) is 1. The number of anilines is 2. The molecule has 0 aliphatic rings. The minimum atomic E-state index is -0.548. The van der Waals surface area contributed by atoms with Crippen molar-refractivity contribution in [1.82, 2.24) is 4.98 Å². The number of likely N-dealkylation sites (N-methyl/N-ethyl adjacent to an activating group) is 1. The number of aromatic nitrogens is 1. The maximum Gasteiger partial charge on any atom is 0.413 e. The van der Waals surface area contributed by atoms with E-state index in [1.807, 2.05) is 48.3 Å². The van der Waals surface area contributed by atoms with Gasteiger partial charge in [0.2, 0.25) is 0 Å². The molecule has 0 unspecified atom stereocenters. The molecule has 0 saturated heterocycles. The van der Waals surface area contributed by atoms with E-state index in [0.29, 0.717) is 12.4 Å². The second kappa shape index (κ2) is 7.99. The number of aliphatic hydroxyl groups is 1. The highest BCUT2D eigenvalue weighted by Crippen LogP contribution is 2.13. The standard InChI is InChI=1S/C16H19N3O3/c1-19(9-10-20)14-7-8-15(17-11-14)18-16(21)22-12-13-5-3-2-4-6-13/h2-8,11,20H,9-10,12H2,1H3,(H,17,18,21). The number of benzene rings is 1. The number of rotatable bonds is 6. The molecule has 1 aromatic carbocycles. The summed E-state index contributed by atoms with van der Waals surface area (Å²) in [6.45, 7) is 0.805. The first-order valence-electron chi connectivity index (χ1n) is 6.95. The topological polar surface area (TPSA) is 74.7 Å². The number of carbonyl (C=O) groups is 1. The van der Waals surface area contributed by atoms with Crippen LogP contribution in [0.5, 0.6) is 0 Å². The summed E-state index contributed by atoms with van der Waals surface area (Å²) in [5.74, 6) is 0.416. The van der Waals surface area contributed by atoms with Gasteiger partial charge in [0.05, 0.1) is 18.5 Å². The molecule has 1 aromatic heterocycles. The molecule has 116 valence electrons. The Morgan fingerprint density at radius 2 is 2.05 bits per heavy atom. The van der Waals surface area contributed by atoms with Gasteiger partial charge in [0.1, 0.15) is 12.4 Å². The highest BCUT2D eigenvalue weighted by atomic mass is 16.5. The second-order valence-corrected chi connectivity index (χ2v) is 4.73. The molecule has 0 aliphatic heterocycles. The lowest BCUT2D eigenvalue weighted by molar-refractivity contribution is 0.155. The normalized spacial score (nSPS) is 10.1. The molecule has 6 nitrogen and oxygen atoms in total. The van der Waals surface area contributed by atoms with Crippen LogP contribution in [-0.2, 0) is 11.3 Å². The fraction of sp³-hybridized carbons (Fsp3) is 0.250. The first kappa shape index (κ1) is 15.8. The molecule has 0 bridgehead atoms. The van der Waals surface area contributed by atoms with Crippen molar-refractivity contribution < 1.29 is 14.6 Å². The van der Waals surface area contributed by atoms with Crippen LogP contribution in [0.25, 0.3) is 0 Å². The number of aliphatic hydroxyl groups excluding tert-OH is 1. The lowest BCUT2D eigenvalue weighted by Gasteiger charge is -2.17. The molecule has 0 radical (unpaired) electrons. The zero-order valence-corrected chi connectivity index (χ0v) is 12.4. The van der Waals surface area contributed by atoms with Crippen molar-refractivity contribution in [3.8, 4) is 0 Å². The number of nitrogens with one attached hydrogen (secondary N) is 1. The summed E-state index contributed by atoms with van der Waals surface area (Å²) in [5, 5.41) is 11.5. The van der Waals surface area contributed by atoms with Gasteiger partial charge in [-0.25, -0.2) is 9.78 Å². The molecule has 1 heterocycles. The van der Waals surface area contributed by atoms with Gasteiger partial charge in [-0.15, -0.1) is 0 Å². The average molecular weight is 301 g/mol. The largest absolute Gasteiger partial charge is 0.444 e. The van der Waals surface area contributed by atoms with E-state index in [2.05, 4.69) is 10.3 Å². The van der Waals surface area contributed by atoms with Gasteiger partial charge in [0, 0.05) is 13.6 Å². The molecule has 6 heteroatoms. The van der Waals surface area contributed by atoms with Gasteiger partial charge in [-0.2, -0.15) is 0 Å². The molecule has 0 atom stereocenters. The van der Waals surface area contributed by atoms with E-state index >= 15 is 0 Å². The van der Waals surface area contributed by atoms with E-state index in [-0.39, 0.29) is 13.2 Å². The van der Waals surface area contributed by atoms with Crippen LogP contribution in [-0.4, -0.2) is 36.4 Å². The van der Waals surface area contributed by atoms with Crippen molar-refractivity contribution in [2.75, 3.05) is 30.4 Å². The number of nitrogens with zero attached hydrogens (tertiary/aromatic N) is 2. The first-order chi connectivity index (χ1) is 10.7. The Balaban J connectivity index is 1.84. The highest BCUT2D eigenvalue weighted by Gasteiger charge is 2.06. The summed E-state index contributed by atoms with van der Waals surface area (Å²) in [6, 6.07) is 13.0. The highest BCUT2D eigenvalue weighted by molar-refractivity contribution is 5.83. The number of amides is 1. The van der Waals surface area contributed by atoms with Crippen LogP contribution >= 0.6 is 0 Å². The average Bonchev–Trinajstić information content (AvgIpc) is 2.55. The van der Waals surface area contributed by atoms with Crippen LogP contribution in [0.2, 0.25) is 0 Å². The molecule has 1 amide bonds. The zero-order chi connectivity index (χ0) is 15.8. The third-order valence-electron chi connectivity index (χ3n) is 3.07. The van der Waals surface area contributed by atoms with E-state index in [4.69, 9.17) is 9.84 Å². The summed E-state index contributed by atoms with van der Waals surface area (Å²) in [7, 11) is 1.86. The Hall–Kier alpha value is -2.60. The predicted octanol–water partition coefficient (Wildman–Crippen LogP) is 2.26. The molecule has 0 fully saturated rings.